The predicted octanol–water partition coefficient (Wildman–Crippen LogP) is 4.16. The lowest BCUT2D eigenvalue weighted by Gasteiger charge is -2.04. The standard InChI is InChI=1S/C13H11BrFNO2S/c1-2-7-10(16)12(13(17)18)19-11(7)8-4-3-6(14)5-9(8)15/h3-5H,2,16H2,1H3,(H,17,18). The smallest absolute Gasteiger partial charge is 0.348 e. The van der Waals surface area contributed by atoms with Crippen molar-refractivity contribution in [2.45, 2.75) is 13.3 Å². The van der Waals surface area contributed by atoms with Gasteiger partial charge >= 0.3 is 5.97 Å². The van der Waals surface area contributed by atoms with Crippen molar-refractivity contribution in [3.63, 3.8) is 0 Å². The SMILES string of the molecule is CCc1c(-c2ccc(Br)cc2F)sc(C(=O)O)c1N. The van der Waals surface area contributed by atoms with Crippen molar-refractivity contribution in [2.75, 3.05) is 5.73 Å². The van der Waals surface area contributed by atoms with E-state index in [1.165, 1.54) is 6.07 Å². The number of halogens is 2. The van der Waals surface area contributed by atoms with Gasteiger partial charge in [-0.1, -0.05) is 22.9 Å². The first kappa shape index (κ1) is 14.0. The molecule has 19 heavy (non-hydrogen) atoms. The van der Waals surface area contributed by atoms with Gasteiger partial charge in [0.15, 0.2) is 0 Å². The molecule has 0 spiro atoms. The fraction of sp³-hybridized carbons (Fsp3) is 0.154. The molecule has 0 amide bonds. The molecule has 100 valence electrons. The van der Waals surface area contributed by atoms with Crippen molar-refractivity contribution in [3.8, 4) is 10.4 Å². The maximum absolute atomic E-state index is 14.0. The molecule has 3 N–H and O–H groups in total. The summed E-state index contributed by atoms with van der Waals surface area (Å²) in [4.78, 5) is 11.8. The Morgan fingerprint density at radius 3 is 2.74 bits per heavy atom. The van der Waals surface area contributed by atoms with Crippen LogP contribution >= 0.6 is 27.3 Å². The molecule has 0 aliphatic carbocycles. The summed E-state index contributed by atoms with van der Waals surface area (Å²) in [5, 5.41) is 9.09. The second-order valence-electron chi connectivity index (χ2n) is 3.94. The monoisotopic (exact) mass is 343 g/mol. The summed E-state index contributed by atoms with van der Waals surface area (Å²) in [6.07, 6.45) is 0.556. The topological polar surface area (TPSA) is 63.3 Å². The summed E-state index contributed by atoms with van der Waals surface area (Å²) in [5.41, 5.74) is 7.13. The van der Waals surface area contributed by atoms with Crippen molar-refractivity contribution < 1.29 is 14.3 Å². The average Bonchev–Trinajstić information content (AvgIpc) is 2.66. The molecule has 0 aliphatic heterocycles. The van der Waals surface area contributed by atoms with Gasteiger partial charge in [-0.25, -0.2) is 9.18 Å². The number of carboxylic acid groups (broad SMARTS) is 1. The molecule has 0 saturated heterocycles. The Labute approximate surface area is 122 Å². The highest BCUT2D eigenvalue weighted by Gasteiger charge is 2.21. The van der Waals surface area contributed by atoms with Gasteiger partial charge in [-0.2, -0.15) is 0 Å². The normalized spacial score (nSPS) is 10.7. The number of nitrogen functional groups attached to an aromatic ring is 1. The Balaban J connectivity index is 2.68. The molecule has 1 aromatic heterocycles. The van der Waals surface area contributed by atoms with Crippen molar-refractivity contribution in [2.24, 2.45) is 0 Å². The number of thiophene rings is 1. The van der Waals surface area contributed by atoms with Gasteiger partial charge in [0.2, 0.25) is 0 Å². The molecule has 6 heteroatoms. The first-order valence-electron chi connectivity index (χ1n) is 5.55. The van der Waals surface area contributed by atoms with Gasteiger partial charge in [-0.3, -0.25) is 0 Å². The fourth-order valence-electron chi connectivity index (χ4n) is 1.88. The van der Waals surface area contributed by atoms with Gasteiger partial charge in [0.25, 0.3) is 0 Å². The number of nitrogens with two attached hydrogens (primary N) is 1. The van der Waals surface area contributed by atoms with Crippen molar-refractivity contribution in [1.82, 2.24) is 0 Å². The number of carbonyl (C=O) groups is 1. The highest BCUT2D eigenvalue weighted by Crippen LogP contribution is 2.40. The zero-order chi connectivity index (χ0) is 14.2. The third-order valence-corrected chi connectivity index (χ3v) is 4.53. The first-order chi connectivity index (χ1) is 8.95. The summed E-state index contributed by atoms with van der Waals surface area (Å²) in [6, 6.07) is 4.69. The van der Waals surface area contributed by atoms with E-state index < -0.39 is 11.8 Å². The number of hydrogen-bond donors (Lipinski definition) is 2. The minimum Gasteiger partial charge on any atom is -0.477 e. The van der Waals surface area contributed by atoms with E-state index in [1.54, 1.807) is 12.1 Å². The molecule has 0 atom stereocenters. The summed E-state index contributed by atoms with van der Waals surface area (Å²) >= 11 is 4.20. The van der Waals surface area contributed by atoms with Crippen molar-refractivity contribution in [3.05, 3.63) is 38.9 Å². The van der Waals surface area contributed by atoms with Gasteiger partial charge in [0, 0.05) is 14.9 Å². The van der Waals surface area contributed by atoms with E-state index in [-0.39, 0.29) is 10.6 Å². The second kappa shape index (κ2) is 5.30. The molecule has 0 aliphatic rings. The Hall–Kier alpha value is -1.40. The highest BCUT2D eigenvalue weighted by molar-refractivity contribution is 9.10. The summed E-state index contributed by atoms with van der Waals surface area (Å²) in [7, 11) is 0. The molecular weight excluding hydrogens is 333 g/mol. The number of benzene rings is 1. The minimum absolute atomic E-state index is 0.0640. The fourth-order valence-corrected chi connectivity index (χ4v) is 3.39. The van der Waals surface area contributed by atoms with E-state index in [0.717, 1.165) is 11.3 Å². The lowest BCUT2D eigenvalue weighted by molar-refractivity contribution is 0.0703. The van der Waals surface area contributed by atoms with E-state index >= 15 is 0 Å². The third-order valence-electron chi connectivity index (χ3n) is 2.77. The van der Waals surface area contributed by atoms with Gasteiger partial charge in [-0.15, -0.1) is 11.3 Å². The van der Waals surface area contributed by atoms with Gasteiger partial charge in [0.1, 0.15) is 10.7 Å². The Bertz CT molecular complexity index is 654. The Kier molecular flexibility index (Phi) is 3.91. The Morgan fingerprint density at radius 2 is 2.21 bits per heavy atom. The molecule has 0 fully saturated rings. The number of rotatable bonds is 3. The van der Waals surface area contributed by atoms with Crippen LogP contribution in [0.15, 0.2) is 22.7 Å². The molecule has 2 aromatic rings. The van der Waals surface area contributed by atoms with E-state index in [4.69, 9.17) is 10.8 Å². The van der Waals surface area contributed by atoms with Crippen LogP contribution in [0.1, 0.15) is 22.2 Å². The van der Waals surface area contributed by atoms with E-state index in [0.29, 0.717) is 26.9 Å². The number of anilines is 1. The zero-order valence-corrected chi connectivity index (χ0v) is 12.4. The molecule has 2 rings (SSSR count). The summed E-state index contributed by atoms with van der Waals surface area (Å²) in [5.74, 6) is -1.48. The number of hydrogen-bond acceptors (Lipinski definition) is 3. The average molecular weight is 344 g/mol. The quantitative estimate of drug-likeness (QED) is 0.879. The minimum atomic E-state index is -1.08. The van der Waals surface area contributed by atoms with Crippen LogP contribution in [-0.2, 0) is 6.42 Å². The lowest BCUT2D eigenvalue weighted by Crippen LogP contribution is -1.99. The first-order valence-corrected chi connectivity index (χ1v) is 7.16. The molecule has 1 aromatic carbocycles. The molecule has 0 unspecified atom stereocenters. The maximum atomic E-state index is 14.0. The van der Waals surface area contributed by atoms with E-state index in [9.17, 15) is 9.18 Å². The predicted molar refractivity (Wildman–Crippen MR) is 78.2 cm³/mol. The van der Waals surface area contributed by atoms with Crippen LogP contribution in [0.4, 0.5) is 10.1 Å². The zero-order valence-electron chi connectivity index (χ0n) is 10.0. The van der Waals surface area contributed by atoms with Crippen LogP contribution in [-0.4, -0.2) is 11.1 Å². The van der Waals surface area contributed by atoms with Crippen molar-refractivity contribution >= 4 is 38.9 Å². The highest BCUT2D eigenvalue weighted by atomic mass is 79.9. The van der Waals surface area contributed by atoms with E-state index in [2.05, 4.69) is 15.9 Å². The van der Waals surface area contributed by atoms with Crippen LogP contribution in [0.25, 0.3) is 10.4 Å². The second-order valence-corrected chi connectivity index (χ2v) is 5.87. The molecule has 3 nitrogen and oxygen atoms in total. The van der Waals surface area contributed by atoms with Crippen molar-refractivity contribution in [1.29, 1.82) is 0 Å². The molecule has 1 heterocycles. The third kappa shape index (κ3) is 2.50. The van der Waals surface area contributed by atoms with Gasteiger partial charge in [0.05, 0.1) is 5.69 Å². The number of aromatic carboxylic acids is 1. The van der Waals surface area contributed by atoms with Crippen LogP contribution in [0, 0.1) is 5.82 Å². The Morgan fingerprint density at radius 1 is 1.53 bits per heavy atom. The largest absolute Gasteiger partial charge is 0.477 e. The molecular formula is C13H11BrFNO2S. The summed E-state index contributed by atoms with van der Waals surface area (Å²) in [6.45, 7) is 1.87. The van der Waals surface area contributed by atoms with Crippen LogP contribution in [0.3, 0.4) is 0 Å². The van der Waals surface area contributed by atoms with Gasteiger partial charge in [-0.05, 0) is 30.2 Å². The van der Waals surface area contributed by atoms with Crippen LogP contribution < -0.4 is 5.73 Å². The van der Waals surface area contributed by atoms with Gasteiger partial charge < -0.3 is 10.8 Å². The molecule has 0 bridgehead atoms. The van der Waals surface area contributed by atoms with E-state index in [1.807, 2.05) is 6.92 Å². The summed E-state index contributed by atoms with van der Waals surface area (Å²) < 4.78 is 14.6. The molecule has 0 saturated carbocycles. The number of carboxylic acids is 1. The van der Waals surface area contributed by atoms with Crippen LogP contribution in [0.5, 0.6) is 0 Å². The molecule has 0 radical (unpaired) electrons. The lowest BCUT2D eigenvalue weighted by atomic mass is 10.1. The maximum Gasteiger partial charge on any atom is 0.348 e. The van der Waals surface area contributed by atoms with Crippen LogP contribution in [0.2, 0.25) is 0 Å².